The maximum atomic E-state index is 12.2. The number of nitrogens with one attached hydrogen (secondary N) is 1. The molecule has 0 spiro atoms. The number of hydrogen-bond donors (Lipinski definition) is 1. The van der Waals surface area contributed by atoms with Crippen LogP contribution in [0.25, 0.3) is 0 Å². The molecular formula is C18H26N2O. The largest absolute Gasteiger partial charge is 0.370 e. The first-order valence-electron chi connectivity index (χ1n) is 8.04. The number of hydrogen-bond acceptors (Lipinski definition) is 2. The maximum Gasteiger partial charge on any atom is 0.251 e. The number of carbonyl (C=O) groups excluding carboxylic acids is 1. The zero-order valence-corrected chi connectivity index (χ0v) is 13.2. The number of allylic oxidation sites excluding steroid dienone is 1. The Morgan fingerprint density at radius 1 is 1.19 bits per heavy atom. The molecule has 0 aliphatic carbocycles. The van der Waals surface area contributed by atoms with Gasteiger partial charge in [0.05, 0.1) is 11.4 Å². The molecule has 0 aromatic heterocycles. The van der Waals surface area contributed by atoms with Gasteiger partial charge in [0.25, 0.3) is 5.91 Å². The zero-order chi connectivity index (χ0) is 15.1. The third-order valence-corrected chi connectivity index (χ3v) is 3.97. The molecule has 1 amide bonds. The van der Waals surface area contributed by atoms with Crippen LogP contribution in [0.5, 0.6) is 0 Å². The average Bonchev–Trinajstić information content (AvgIpc) is 2.77. The molecule has 1 aromatic carbocycles. The molecule has 1 N–H and O–H groups in total. The van der Waals surface area contributed by atoms with Crippen LogP contribution in [0.1, 0.15) is 46.0 Å². The van der Waals surface area contributed by atoms with Crippen LogP contribution in [-0.4, -0.2) is 19.0 Å². The summed E-state index contributed by atoms with van der Waals surface area (Å²) < 4.78 is 0. The molecule has 114 valence electrons. The Morgan fingerprint density at radius 3 is 2.52 bits per heavy atom. The first kappa shape index (κ1) is 15.6. The van der Waals surface area contributed by atoms with Crippen molar-refractivity contribution in [3.8, 4) is 0 Å². The fourth-order valence-electron chi connectivity index (χ4n) is 2.79. The summed E-state index contributed by atoms with van der Waals surface area (Å²) in [5.74, 6) is -0.000813. The molecule has 1 aromatic rings. The van der Waals surface area contributed by atoms with E-state index in [1.807, 2.05) is 38.1 Å². The Labute approximate surface area is 128 Å². The standard InChI is InChI=1S/C18H26N2O/c1-3-10-15(2)18(21)19-16-11-6-7-12-17(16)20-13-8-4-5-9-14-20/h6-7,10-12H,3-5,8-9,13-14H2,1-2H3,(H,19,21). The molecule has 3 nitrogen and oxygen atoms in total. The first-order valence-corrected chi connectivity index (χ1v) is 8.04. The molecule has 0 saturated carbocycles. The van der Waals surface area contributed by atoms with Gasteiger partial charge in [-0.3, -0.25) is 4.79 Å². The predicted octanol–water partition coefficient (Wildman–Crippen LogP) is 4.36. The summed E-state index contributed by atoms with van der Waals surface area (Å²) in [6.07, 6.45) is 7.93. The summed E-state index contributed by atoms with van der Waals surface area (Å²) in [5, 5.41) is 3.06. The average molecular weight is 286 g/mol. The van der Waals surface area contributed by atoms with E-state index < -0.39 is 0 Å². The Kier molecular flexibility index (Phi) is 5.85. The van der Waals surface area contributed by atoms with Crippen molar-refractivity contribution in [2.24, 2.45) is 0 Å². The van der Waals surface area contributed by atoms with Crippen LogP contribution in [0.2, 0.25) is 0 Å². The van der Waals surface area contributed by atoms with Crippen molar-refractivity contribution in [3.05, 3.63) is 35.9 Å². The van der Waals surface area contributed by atoms with E-state index in [1.165, 1.54) is 25.7 Å². The molecule has 0 unspecified atom stereocenters. The summed E-state index contributed by atoms with van der Waals surface area (Å²) >= 11 is 0. The highest BCUT2D eigenvalue weighted by Gasteiger charge is 2.15. The number of carbonyl (C=O) groups is 1. The van der Waals surface area contributed by atoms with Gasteiger partial charge in [-0.2, -0.15) is 0 Å². The quantitative estimate of drug-likeness (QED) is 0.834. The minimum atomic E-state index is -0.000813. The van der Waals surface area contributed by atoms with Gasteiger partial charge in [-0.1, -0.05) is 38.0 Å². The smallest absolute Gasteiger partial charge is 0.251 e. The lowest BCUT2D eigenvalue weighted by Crippen LogP contribution is -2.25. The Bertz CT molecular complexity index is 500. The van der Waals surface area contributed by atoms with Gasteiger partial charge in [0.15, 0.2) is 0 Å². The number of para-hydroxylation sites is 2. The van der Waals surface area contributed by atoms with Gasteiger partial charge in [-0.15, -0.1) is 0 Å². The SMILES string of the molecule is CCC=C(C)C(=O)Nc1ccccc1N1CCCCCC1. The highest BCUT2D eigenvalue weighted by Crippen LogP contribution is 2.28. The van der Waals surface area contributed by atoms with Gasteiger partial charge >= 0.3 is 0 Å². The summed E-state index contributed by atoms with van der Waals surface area (Å²) in [6, 6.07) is 8.14. The number of nitrogens with zero attached hydrogens (tertiary/aromatic N) is 1. The summed E-state index contributed by atoms with van der Waals surface area (Å²) in [4.78, 5) is 14.6. The molecular weight excluding hydrogens is 260 g/mol. The lowest BCUT2D eigenvalue weighted by molar-refractivity contribution is -0.112. The van der Waals surface area contributed by atoms with Crippen LogP contribution in [0.4, 0.5) is 11.4 Å². The number of rotatable bonds is 4. The third-order valence-electron chi connectivity index (χ3n) is 3.97. The van der Waals surface area contributed by atoms with E-state index >= 15 is 0 Å². The van der Waals surface area contributed by atoms with Gasteiger partial charge in [-0.25, -0.2) is 0 Å². The molecule has 21 heavy (non-hydrogen) atoms. The van der Waals surface area contributed by atoms with E-state index in [1.54, 1.807) is 0 Å². The van der Waals surface area contributed by atoms with E-state index in [-0.39, 0.29) is 5.91 Å². The van der Waals surface area contributed by atoms with E-state index in [0.29, 0.717) is 0 Å². The molecule has 0 radical (unpaired) electrons. The third kappa shape index (κ3) is 4.35. The Hall–Kier alpha value is -1.77. The van der Waals surface area contributed by atoms with Crippen LogP contribution in [0.3, 0.4) is 0 Å². The second-order valence-corrected chi connectivity index (χ2v) is 5.67. The van der Waals surface area contributed by atoms with Crippen molar-refractivity contribution in [1.82, 2.24) is 0 Å². The molecule has 0 atom stereocenters. The molecule has 1 heterocycles. The molecule has 2 rings (SSSR count). The second-order valence-electron chi connectivity index (χ2n) is 5.67. The van der Waals surface area contributed by atoms with Crippen LogP contribution < -0.4 is 10.2 Å². The van der Waals surface area contributed by atoms with E-state index in [4.69, 9.17) is 0 Å². The second kappa shape index (κ2) is 7.87. The lowest BCUT2D eigenvalue weighted by atomic mass is 10.2. The molecule has 0 bridgehead atoms. The van der Waals surface area contributed by atoms with Crippen molar-refractivity contribution in [2.45, 2.75) is 46.0 Å². The molecule has 3 heteroatoms. The summed E-state index contributed by atoms with van der Waals surface area (Å²) in [7, 11) is 0. The minimum Gasteiger partial charge on any atom is -0.370 e. The van der Waals surface area contributed by atoms with Gasteiger partial charge in [0, 0.05) is 18.7 Å². The monoisotopic (exact) mass is 286 g/mol. The zero-order valence-electron chi connectivity index (χ0n) is 13.2. The van der Waals surface area contributed by atoms with E-state index in [2.05, 4.69) is 16.3 Å². The fourth-order valence-corrected chi connectivity index (χ4v) is 2.79. The van der Waals surface area contributed by atoms with Gasteiger partial charge in [0.2, 0.25) is 0 Å². The Balaban J connectivity index is 2.16. The Morgan fingerprint density at radius 2 is 1.86 bits per heavy atom. The van der Waals surface area contributed by atoms with Gasteiger partial charge in [0.1, 0.15) is 0 Å². The van der Waals surface area contributed by atoms with Crippen molar-refractivity contribution >= 4 is 17.3 Å². The van der Waals surface area contributed by atoms with Crippen LogP contribution in [0.15, 0.2) is 35.9 Å². The maximum absolute atomic E-state index is 12.2. The highest BCUT2D eigenvalue weighted by atomic mass is 16.1. The van der Waals surface area contributed by atoms with Gasteiger partial charge in [-0.05, 0) is 38.3 Å². The van der Waals surface area contributed by atoms with Crippen LogP contribution in [-0.2, 0) is 4.79 Å². The topological polar surface area (TPSA) is 32.3 Å². The number of amides is 1. The van der Waals surface area contributed by atoms with Crippen molar-refractivity contribution in [3.63, 3.8) is 0 Å². The first-order chi connectivity index (χ1) is 10.2. The highest BCUT2D eigenvalue weighted by molar-refractivity contribution is 6.05. The van der Waals surface area contributed by atoms with Crippen LogP contribution in [0, 0.1) is 0 Å². The summed E-state index contributed by atoms with van der Waals surface area (Å²) in [6.45, 7) is 6.07. The fraction of sp³-hybridized carbons (Fsp3) is 0.500. The molecule has 1 aliphatic heterocycles. The number of anilines is 2. The lowest BCUT2D eigenvalue weighted by Gasteiger charge is -2.25. The van der Waals surface area contributed by atoms with Crippen molar-refractivity contribution in [1.29, 1.82) is 0 Å². The van der Waals surface area contributed by atoms with Crippen molar-refractivity contribution < 1.29 is 4.79 Å². The van der Waals surface area contributed by atoms with Crippen molar-refractivity contribution in [2.75, 3.05) is 23.3 Å². The summed E-state index contributed by atoms with van der Waals surface area (Å²) in [5.41, 5.74) is 2.86. The predicted molar refractivity (Wildman–Crippen MR) is 89.8 cm³/mol. The molecule has 1 saturated heterocycles. The van der Waals surface area contributed by atoms with E-state index in [9.17, 15) is 4.79 Å². The molecule has 1 fully saturated rings. The molecule has 1 aliphatic rings. The van der Waals surface area contributed by atoms with Gasteiger partial charge < -0.3 is 10.2 Å². The normalized spacial score (nSPS) is 16.5. The minimum absolute atomic E-state index is 0.000813. The van der Waals surface area contributed by atoms with E-state index in [0.717, 1.165) is 36.5 Å². The van der Waals surface area contributed by atoms with Crippen LogP contribution >= 0.6 is 0 Å². The number of benzene rings is 1.